The molecule has 118 valence electrons. The summed E-state index contributed by atoms with van der Waals surface area (Å²) in [5.41, 5.74) is 4.35. The minimum atomic E-state index is 0.542. The zero-order valence-electron chi connectivity index (χ0n) is 14.6. The molecule has 1 saturated carbocycles. The first kappa shape index (κ1) is 16.5. The van der Waals surface area contributed by atoms with Gasteiger partial charge in [-0.25, -0.2) is 0 Å². The zero-order chi connectivity index (χ0) is 15.4. The summed E-state index contributed by atoms with van der Waals surface area (Å²) < 4.78 is 0. The van der Waals surface area contributed by atoms with E-state index in [1.165, 1.54) is 42.4 Å². The highest BCUT2D eigenvalue weighted by atomic mass is 14.9. The molecule has 0 heterocycles. The normalized spacial score (nSPS) is 27.6. The van der Waals surface area contributed by atoms with E-state index in [9.17, 15) is 0 Å². The lowest BCUT2D eigenvalue weighted by atomic mass is 9.71. The Bertz CT molecular complexity index is 451. The van der Waals surface area contributed by atoms with Gasteiger partial charge in [0, 0.05) is 6.04 Å². The monoisotopic (exact) mass is 287 g/mol. The smallest absolute Gasteiger partial charge is 0.0351 e. The molecule has 0 aromatic heterocycles. The molecule has 21 heavy (non-hydrogen) atoms. The molecule has 0 amide bonds. The summed E-state index contributed by atoms with van der Waals surface area (Å²) in [6.45, 7) is 12.7. The lowest BCUT2D eigenvalue weighted by molar-refractivity contribution is 0.171. The molecule has 4 unspecified atom stereocenters. The van der Waals surface area contributed by atoms with Crippen LogP contribution in [0.15, 0.2) is 18.2 Å². The Hall–Kier alpha value is -0.820. The Balaban J connectivity index is 2.21. The third kappa shape index (κ3) is 4.10. The highest BCUT2D eigenvalue weighted by Gasteiger charge is 2.31. The number of rotatable bonds is 5. The van der Waals surface area contributed by atoms with Gasteiger partial charge in [-0.05, 0) is 68.5 Å². The Morgan fingerprint density at radius 1 is 1.14 bits per heavy atom. The van der Waals surface area contributed by atoms with Crippen molar-refractivity contribution in [3.63, 3.8) is 0 Å². The van der Waals surface area contributed by atoms with Crippen molar-refractivity contribution in [1.29, 1.82) is 0 Å². The molecule has 1 aliphatic carbocycles. The second-order valence-electron chi connectivity index (χ2n) is 7.32. The fourth-order valence-corrected chi connectivity index (χ4v) is 3.90. The number of aryl methyl sites for hydroxylation is 2. The molecular weight excluding hydrogens is 254 g/mol. The second-order valence-corrected chi connectivity index (χ2v) is 7.32. The minimum absolute atomic E-state index is 0.542. The molecule has 0 radical (unpaired) electrons. The van der Waals surface area contributed by atoms with E-state index >= 15 is 0 Å². The first-order valence-electron chi connectivity index (χ1n) is 8.83. The molecule has 1 fully saturated rings. The Morgan fingerprint density at radius 3 is 2.52 bits per heavy atom. The van der Waals surface area contributed by atoms with Gasteiger partial charge in [0.2, 0.25) is 0 Å². The van der Waals surface area contributed by atoms with Crippen molar-refractivity contribution in [3.05, 3.63) is 34.9 Å². The maximum Gasteiger partial charge on any atom is 0.0351 e. The molecule has 4 atom stereocenters. The van der Waals surface area contributed by atoms with Gasteiger partial charge in [-0.3, -0.25) is 0 Å². The van der Waals surface area contributed by atoms with Crippen LogP contribution in [0.1, 0.15) is 69.2 Å². The standard InChI is InChI=1S/C20H33N/c1-6-11-21-20(18-9-8-15(3)16(4)13-18)19-10-7-14(2)12-17(19)5/h7,10,12,15-16,18,20-21H,6,8-9,11,13H2,1-5H3. The van der Waals surface area contributed by atoms with E-state index in [-0.39, 0.29) is 0 Å². The zero-order valence-corrected chi connectivity index (χ0v) is 14.6. The van der Waals surface area contributed by atoms with Gasteiger partial charge < -0.3 is 5.32 Å². The topological polar surface area (TPSA) is 12.0 Å². The molecular formula is C20H33N. The fourth-order valence-electron chi connectivity index (χ4n) is 3.90. The Morgan fingerprint density at radius 2 is 1.90 bits per heavy atom. The minimum Gasteiger partial charge on any atom is -0.310 e. The molecule has 1 aromatic carbocycles. The highest BCUT2D eigenvalue weighted by molar-refractivity contribution is 5.33. The maximum absolute atomic E-state index is 3.85. The molecule has 1 nitrogen and oxygen atoms in total. The fraction of sp³-hybridized carbons (Fsp3) is 0.700. The van der Waals surface area contributed by atoms with Crippen LogP contribution in [0.25, 0.3) is 0 Å². The van der Waals surface area contributed by atoms with Crippen LogP contribution in [0.4, 0.5) is 0 Å². The highest BCUT2D eigenvalue weighted by Crippen LogP contribution is 2.40. The summed E-state index contributed by atoms with van der Waals surface area (Å²) in [5, 5.41) is 3.85. The summed E-state index contributed by atoms with van der Waals surface area (Å²) in [4.78, 5) is 0. The molecule has 2 rings (SSSR count). The summed E-state index contributed by atoms with van der Waals surface area (Å²) >= 11 is 0. The number of hydrogen-bond acceptors (Lipinski definition) is 1. The molecule has 0 saturated heterocycles. The number of hydrogen-bond donors (Lipinski definition) is 1. The summed E-state index contributed by atoms with van der Waals surface area (Å²) in [6, 6.07) is 7.52. The maximum atomic E-state index is 3.85. The van der Waals surface area contributed by atoms with Gasteiger partial charge >= 0.3 is 0 Å². The van der Waals surface area contributed by atoms with Crippen molar-refractivity contribution in [2.45, 2.75) is 66.3 Å². The van der Waals surface area contributed by atoms with Crippen molar-refractivity contribution in [2.75, 3.05) is 6.54 Å². The van der Waals surface area contributed by atoms with Gasteiger partial charge in [-0.1, -0.05) is 51.0 Å². The van der Waals surface area contributed by atoms with Gasteiger partial charge in [-0.2, -0.15) is 0 Å². The first-order chi connectivity index (χ1) is 10.0. The quantitative estimate of drug-likeness (QED) is 0.763. The molecule has 1 aromatic rings. The van der Waals surface area contributed by atoms with E-state index in [0.717, 1.165) is 24.3 Å². The lowest BCUT2D eigenvalue weighted by Crippen LogP contribution is -2.34. The molecule has 0 spiro atoms. The van der Waals surface area contributed by atoms with E-state index in [4.69, 9.17) is 0 Å². The largest absolute Gasteiger partial charge is 0.310 e. The predicted octanol–water partition coefficient (Wildman–Crippen LogP) is 5.42. The van der Waals surface area contributed by atoms with E-state index in [0.29, 0.717) is 6.04 Å². The third-order valence-electron chi connectivity index (χ3n) is 5.48. The van der Waals surface area contributed by atoms with Gasteiger partial charge in [0.05, 0.1) is 0 Å². The third-order valence-corrected chi connectivity index (χ3v) is 5.48. The number of benzene rings is 1. The molecule has 1 heteroatoms. The van der Waals surface area contributed by atoms with Gasteiger partial charge in [-0.15, -0.1) is 0 Å². The van der Waals surface area contributed by atoms with Crippen LogP contribution in [0.5, 0.6) is 0 Å². The van der Waals surface area contributed by atoms with Crippen LogP contribution < -0.4 is 5.32 Å². The van der Waals surface area contributed by atoms with Crippen molar-refractivity contribution >= 4 is 0 Å². The van der Waals surface area contributed by atoms with Crippen LogP contribution >= 0.6 is 0 Å². The van der Waals surface area contributed by atoms with E-state index in [1.807, 2.05) is 0 Å². The number of nitrogens with one attached hydrogen (secondary N) is 1. The first-order valence-corrected chi connectivity index (χ1v) is 8.83. The van der Waals surface area contributed by atoms with Crippen LogP contribution in [-0.2, 0) is 0 Å². The van der Waals surface area contributed by atoms with Crippen LogP contribution in [0.3, 0.4) is 0 Å². The van der Waals surface area contributed by atoms with Crippen molar-refractivity contribution in [2.24, 2.45) is 17.8 Å². The van der Waals surface area contributed by atoms with Gasteiger partial charge in [0.25, 0.3) is 0 Å². The van der Waals surface area contributed by atoms with Gasteiger partial charge in [0.15, 0.2) is 0 Å². The second kappa shape index (κ2) is 7.45. The van der Waals surface area contributed by atoms with E-state index in [2.05, 4.69) is 58.1 Å². The van der Waals surface area contributed by atoms with E-state index < -0.39 is 0 Å². The van der Waals surface area contributed by atoms with E-state index in [1.54, 1.807) is 0 Å². The van der Waals surface area contributed by atoms with Crippen LogP contribution in [-0.4, -0.2) is 6.54 Å². The lowest BCUT2D eigenvalue weighted by Gasteiger charge is -2.38. The molecule has 0 aliphatic heterocycles. The summed E-state index contributed by atoms with van der Waals surface area (Å²) in [5.74, 6) is 2.55. The average molecular weight is 287 g/mol. The predicted molar refractivity (Wildman–Crippen MR) is 92.6 cm³/mol. The summed E-state index contributed by atoms with van der Waals surface area (Å²) in [6.07, 6.45) is 5.34. The molecule has 0 bridgehead atoms. The molecule has 1 aliphatic rings. The SMILES string of the molecule is CCCNC(c1ccc(C)cc1C)C1CCC(C)C(C)C1. The molecule has 1 N–H and O–H groups in total. The average Bonchev–Trinajstić information content (AvgIpc) is 2.44. The van der Waals surface area contributed by atoms with Crippen LogP contribution in [0.2, 0.25) is 0 Å². The van der Waals surface area contributed by atoms with Crippen molar-refractivity contribution < 1.29 is 0 Å². The van der Waals surface area contributed by atoms with Crippen LogP contribution in [0, 0.1) is 31.6 Å². The Labute approximate surface area is 131 Å². The van der Waals surface area contributed by atoms with Crippen molar-refractivity contribution in [1.82, 2.24) is 5.32 Å². The Kier molecular flexibility index (Phi) is 5.87. The van der Waals surface area contributed by atoms with Crippen molar-refractivity contribution in [3.8, 4) is 0 Å². The summed E-state index contributed by atoms with van der Waals surface area (Å²) in [7, 11) is 0. The van der Waals surface area contributed by atoms with Gasteiger partial charge in [0.1, 0.15) is 0 Å².